The number of anilines is 2. The van der Waals surface area contributed by atoms with Crippen LogP contribution < -0.4 is 14.5 Å². The zero-order chi connectivity index (χ0) is 16.6. The summed E-state index contributed by atoms with van der Waals surface area (Å²) in [5.41, 5.74) is 0.854. The van der Waals surface area contributed by atoms with Gasteiger partial charge in [-0.05, 0) is 18.6 Å². The maximum Gasteiger partial charge on any atom is 0.227 e. The van der Waals surface area contributed by atoms with E-state index in [1.807, 2.05) is 23.1 Å². The number of methoxy groups -OCH3 is 1. The lowest BCUT2D eigenvalue weighted by atomic mass is 9.86. The highest BCUT2D eigenvalue weighted by Crippen LogP contribution is 2.42. The van der Waals surface area contributed by atoms with E-state index in [0.717, 1.165) is 37.6 Å². The van der Waals surface area contributed by atoms with E-state index in [2.05, 4.69) is 19.9 Å². The molecule has 0 aliphatic carbocycles. The summed E-state index contributed by atoms with van der Waals surface area (Å²) in [5, 5.41) is 0. The van der Waals surface area contributed by atoms with Gasteiger partial charge in [-0.2, -0.15) is 0 Å². The number of ether oxygens (including phenoxy) is 1. The van der Waals surface area contributed by atoms with Crippen molar-refractivity contribution in [2.75, 3.05) is 36.5 Å². The van der Waals surface area contributed by atoms with Crippen LogP contribution in [-0.2, 0) is 4.79 Å². The zero-order valence-corrected chi connectivity index (χ0v) is 13.6. The van der Waals surface area contributed by atoms with Crippen molar-refractivity contribution in [1.82, 2.24) is 15.0 Å². The second-order valence-corrected chi connectivity index (χ2v) is 6.46. The van der Waals surface area contributed by atoms with Crippen LogP contribution in [-0.4, -0.2) is 47.6 Å². The van der Waals surface area contributed by atoms with Gasteiger partial charge in [-0.1, -0.05) is 0 Å². The molecule has 2 fully saturated rings. The number of hydrogen-bond donors (Lipinski definition) is 0. The van der Waals surface area contributed by atoms with Crippen molar-refractivity contribution in [3.63, 3.8) is 0 Å². The van der Waals surface area contributed by atoms with Crippen molar-refractivity contribution in [3.8, 4) is 5.88 Å². The first kappa shape index (κ1) is 14.9. The van der Waals surface area contributed by atoms with E-state index in [9.17, 15) is 4.79 Å². The van der Waals surface area contributed by atoms with Crippen LogP contribution >= 0.6 is 0 Å². The van der Waals surface area contributed by atoms with Crippen LogP contribution in [0.15, 0.2) is 36.9 Å². The Balaban J connectivity index is 1.53. The minimum absolute atomic E-state index is 0.0227. The fourth-order valence-corrected chi connectivity index (χ4v) is 3.66. The first-order valence-electron chi connectivity index (χ1n) is 8.01. The highest BCUT2D eigenvalue weighted by Gasteiger charge is 2.48. The molecule has 1 atom stereocenters. The van der Waals surface area contributed by atoms with Gasteiger partial charge in [0, 0.05) is 43.7 Å². The highest BCUT2D eigenvalue weighted by atomic mass is 16.5. The third kappa shape index (κ3) is 2.55. The molecule has 4 rings (SSSR count). The van der Waals surface area contributed by atoms with E-state index in [0.29, 0.717) is 12.3 Å². The van der Waals surface area contributed by atoms with Gasteiger partial charge in [0.1, 0.15) is 12.1 Å². The van der Waals surface area contributed by atoms with Crippen LogP contribution in [0.3, 0.4) is 0 Å². The number of aromatic nitrogens is 3. The Labute approximate surface area is 140 Å². The molecule has 1 spiro atoms. The molecule has 2 aliphatic rings. The summed E-state index contributed by atoms with van der Waals surface area (Å²) < 4.78 is 5.18. The zero-order valence-electron chi connectivity index (χ0n) is 13.6. The van der Waals surface area contributed by atoms with Crippen molar-refractivity contribution in [3.05, 3.63) is 36.9 Å². The van der Waals surface area contributed by atoms with Gasteiger partial charge in [0.15, 0.2) is 0 Å². The Bertz CT molecular complexity index is 754. The summed E-state index contributed by atoms with van der Waals surface area (Å²) in [5.74, 6) is 1.58. The van der Waals surface area contributed by atoms with Crippen molar-refractivity contribution < 1.29 is 9.53 Å². The molecule has 2 saturated heterocycles. The van der Waals surface area contributed by atoms with Crippen LogP contribution in [0.1, 0.15) is 12.8 Å². The molecule has 0 bridgehead atoms. The highest BCUT2D eigenvalue weighted by molar-refractivity contribution is 5.96. The van der Waals surface area contributed by atoms with Gasteiger partial charge in [-0.25, -0.2) is 9.97 Å². The Morgan fingerprint density at radius 2 is 2.21 bits per heavy atom. The molecular formula is C17H19N5O2. The van der Waals surface area contributed by atoms with Crippen LogP contribution in [0.2, 0.25) is 0 Å². The molecule has 24 heavy (non-hydrogen) atoms. The van der Waals surface area contributed by atoms with E-state index >= 15 is 0 Å². The lowest BCUT2D eigenvalue weighted by Crippen LogP contribution is -2.31. The Morgan fingerprint density at radius 1 is 1.29 bits per heavy atom. The summed E-state index contributed by atoms with van der Waals surface area (Å²) in [6.45, 7) is 2.43. The van der Waals surface area contributed by atoms with Gasteiger partial charge >= 0.3 is 0 Å². The summed E-state index contributed by atoms with van der Waals surface area (Å²) in [6.07, 6.45) is 6.53. The Hall–Kier alpha value is -2.70. The average molecular weight is 325 g/mol. The number of rotatable bonds is 3. The predicted octanol–water partition coefficient (Wildman–Crippen LogP) is 1.51. The van der Waals surface area contributed by atoms with E-state index in [1.54, 1.807) is 19.5 Å². The molecule has 0 N–H and O–H groups in total. The number of carbonyl (C=O) groups excluding carboxylic acids is 1. The molecule has 124 valence electrons. The van der Waals surface area contributed by atoms with E-state index in [4.69, 9.17) is 4.74 Å². The fraction of sp³-hybridized carbons (Fsp3) is 0.412. The first-order chi connectivity index (χ1) is 11.7. The molecule has 7 nitrogen and oxygen atoms in total. The largest absolute Gasteiger partial charge is 0.481 e. The smallest absolute Gasteiger partial charge is 0.227 e. The minimum Gasteiger partial charge on any atom is -0.481 e. The maximum absolute atomic E-state index is 12.5. The lowest BCUT2D eigenvalue weighted by Gasteiger charge is -2.24. The number of hydrogen-bond acceptors (Lipinski definition) is 6. The van der Waals surface area contributed by atoms with Gasteiger partial charge in [-0.3, -0.25) is 9.78 Å². The Kier molecular flexibility index (Phi) is 3.55. The van der Waals surface area contributed by atoms with Gasteiger partial charge in [0.05, 0.1) is 19.0 Å². The molecule has 2 aliphatic heterocycles. The van der Waals surface area contributed by atoms with Crippen molar-refractivity contribution >= 4 is 17.4 Å². The van der Waals surface area contributed by atoms with Gasteiger partial charge in [0.2, 0.25) is 11.8 Å². The topological polar surface area (TPSA) is 71.5 Å². The summed E-state index contributed by atoms with van der Waals surface area (Å²) in [6, 6.07) is 5.64. The van der Waals surface area contributed by atoms with Crippen LogP contribution in [0, 0.1) is 5.41 Å². The number of amides is 1. The Morgan fingerprint density at radius 3 is 3.00 bits per heavy atom. The molecule has 0 saturated carbocycles. The molecule has 0 aromatic carbocycles. The molecule has 2 aromatic rings. The van der Waals surface area contributed by atoms with Gasteiger partial charge < -0.3 is 14.5 Å². The van der Waals surface area contributed by atoms with Crippen LogP contribution in [0.4, 0.5) is 11.5 Å². The number of pyridine rings is 1. The normalized spacial score (nSPS) is 23.3. The quantitative estimate of drug-likeness (QED) is 0.852. The number of nitrogens with zero attached hydrogens (tertiary/aromatic N) is 5. The standard InChI is InChI=1S/C17H19N5O2/c1-24-15-7-14(19-12-20-15)21-6-4-17(10-21)8-16(23)22(11-17)13-3-2-5-18-9-13/h2-3,5,7,9,12H,4,6,8,10-11H2,1H3. The lowest BCUT2D eigenvalue weighted by molar-refractivity contribution is -0.117. The summed E-state index contributed by atoms with van der Waals surface area (Å²) in [7, 11) is 1.60. The SMILES string of the molecule is COc1cc(N2CCC3(CC(=O)N(c4cccnc4)C3)C2)ncn1. The third-order valence-electron chi connectivity index (χ3n) is 4.88. The molecule has 2 aromatic heterocycles. The van der Waals surface area contributed by atoms with E-state index < -0.39 is 0 Å². The van der Waals surface area contributed by atoms with Gasteiger partial charge in [-0.15, -0.1) is 0 Å². The maximum atomic E-state index is 12.5. The monoisotopic (exact) mass is 325 g/mol. The molecule has 1 amide bonds. The van der Waals surface area contributed by atoms with E-state index in [1.165, 1.54) is 6.33 Å². The molecular weight excluding hydrogens is 306 g/mol. The predicted molar refractivity (Wildman–Crippen MR) is 89.1 cm³/mol. The molecule has 1 unspecified atom stereocenters. The third-order valence-corrected chi connectivity index (χ3v) is 4.88. The molecule has 7 heteroatoms. The fourth-order valence-electron chi connectivity index (χ4n) is 3.66. The first-order valence-corrected chi connectivity index (χ1v) is 8.01. The van der Waals surface area contributed by atoms with Crippen molar-refractivity contribution in [1.29, 1.82) is 0 Å². The molecule has 0 radical (unpaired) electrons. The second kappa shape index (κ2) is 5.74. The van der Waals surface area contributed by atoms with Crippen molar-refractivity contribution in [2.45, 2.75) is 12.8 Å². The second-order valence-electron chi connectivity index (χ2n) is 6.46. The average Bonchev–Trinajstić information content (AvgIpc) is 3.19. The van der Waals surface area contributed by atoms with Gasteiger partial charge in [0.25, 0.3) is 0 Å². The van der Waals surface area contributed by atoms with E-state index in [-0.39, 0.29) is 11.3 Å². The number of carbonyl (C=O) groups is 1. The van der Waals surface area contributed by atoms with Crippen LogP contribution in [0.25, 0.3) is 0 Å². The van der Waals surface area contributed by atoms with Crippen LogP contribution in [0.5, 0.6) is 5.88 Å². The van der Waals surface area contributed by atoms with Crippen molar-refractivity contribution in [2.24, 2.45) is 5.41 Å². The summed E-state index contributed by atoms with van der Waals surface area (Å²) in [4.78, 5) is 29.1. The summed E-state index contributed by atoms with van der Waals surface area (Å²) >= 11 is 0. The minimum atomic E-state index is -0.0227. The molecule has 4 heterocycles.